The van der Waals surface area contributed by atoms with E-state index in [2.05, 4.69) is 10.3 Å². The molecule has 1 aromatic carbocycles. The molecule has 1 amide bonds. The Balaban J connectivity index is 2.21. The van der Waals surface area contributed by atoms with Crippen LogP contribution in [-0.4, -0.2) is 18.2 Å². The van der Waals surface area contributed by atoms with Gasteiger partial charge < -0.3 is 5.32 Å². The third-order valence-corrected chi connectivity index (χ3v) is 4.33. The maximum atomic E-state index is 12.4. The number of para-hydroxylation sites is 1. The highest BCUT2D eigenvalue weighted by Crippen LogP contribution is 2.28. The summed E-state index contributed by atoms with van der Waals surface area (Å²) >= 11 is 1.60. The average Bonchev–Trinajstić information content (AvgIpc) is 2.95. The molecular weight excluding hydrogens is 268 g/mol. The molecule has 20 heavy (non-hydrogen) atoms. The summed E-state index contributed by atoms with van der Waals surface area (Å²) in [6.07, 6.45) is 0. The third-order valence-electron chi connectivity index (χ3n) is 3.45. The van der Waals surface area contributed by atoms with Crippen LogP contribution < -0.4 is 5.32 Å². The first-order valence-corrected chi connectivity index (χ1v) is 7.46. The minimum absolute atomic E-state index is 0.0806. The topological polar surface area (TPSA) is 41.5 Å². The van der Waals surface area contributed by atoms with Gasteiger partial charge in [0.05, 0.1) is 16.0 Å². The highest BCUT2D eigenvalue weighted by molar-refractivity contribution is 7.12. The molecule has 1 aliphatic rings. The monoisotopic (exact) mass is 284 g/mol. The molecule has 3 rings (SSSR count). The summed E-state index contributed by atoms with van der Waals surface area (Å²) in [4.78, 5) is 17.8. The van der Waals surface area contributed by atoms with Crippen LogP contribution in [0.3, 0.4) is 0 Å². The van der Waals surface area contributed by atoms with Crippen molar-refractivity contribution < 1.29 is 4.79 Å². The number of amides is 1. The van der Waals surface area contributed by atoms with Crippen LogP contribution in [0.1, 0.15) is 24.3 Å². The lowest BCUT2D eigenvalue weighted by Crippen LogP contribution is -2.33. The second-order valence-electron chi connectivity index (χ2n) is 5.53. The Morgan fingerprint density at radius 3 is 2.75 bits per heavy atom. The predicted molar refractivity (Wildman–Crippen MR) is 83.7 cm³/mol. The van der Waals surface area contributed by atoms with Gasteiger partial charge in [-0.15, -0.1) is 11.3 Å². The van der Waals surface area contributed by atoms with Crippen molar-refractivity contribution in [3.63, 3.8) is 0 Å². The maximum absolute atomic E-state index is 12.4. The number of anilines is 1. The van der Waals surface area contributed by atoms with E-state index in [4.69, 9.17) is 0 Å². The van der Waals surface area contributed by atoms with Gasteiger partial charge in [-0.25, -0.2) is 4.99 Å². The summed E-state index contributed by atoms with van der Waals surface area (Å²) in [7, 11) is 0. The zero-order chi connectivity index (χ0) is 14.2. The van der Waals surface area contributed by atoms with Gasteiger partial charge in [-0.2, -0.15) is 0 Å². The largest absolute Gasteiger partial charge is 0.383 e. The smallest absolute Gasteiger partial charge is 0.253 e. The van der Waals surface area contributed by atoms with Crippen LogP contribution in [-0.2, 0) is 4.79 Å². The van der Waals surface area contributed by atoms with Gasteiger partial charge in [0.25, 0.3) is 5.91 Å². The fourth-order valence-electron chi connectivity index (χ4n) is 2.15. The summed E-state index contributed by atoms with van der Waals surface area (Å²) in [6, 6.07) is 12.0. The van der Waals surface area contributed by atoms with Crippen LogP contribution in [0.4, 0.5) is 5.69 Å². The molecule has 1 aromatic heterocycles. The predicted octanol–water partition coefficient (Wildman–Crippen LogP) is 3.56. The van der Waals surface area contributed by atoms with E-state index in [1.807, 2.05) is 55.6 Å². The van der Waals surface area contributed by atoms with Crippen molar-refractivity contribution in [2.75, 3.05) is 11.9 Å². The fourth-order valence-corrected chi connectivity index (χ4v) is 2.88. The average molecular weight is 284 g/mol. The van der Waals surface area contributed by atoms with Gasteiger partial charge in [-0.1, -0.05) is 24.3 Å². The first-order valence-electron chi connectivity index (χ1n) is 6.58. The van der Waals surface area contributed by atoms with Gasteiger partial charge in [-0.05, 0) is 31.4 Å². The van der Waals surface area contributed by atoms with E-state index < -0.39 is 5.41 Å². The molecule has 0 saturated heterocycles. The number of hydrogen-bond donors (Lipinski definition) is 1. The Morgan fingerprint density at radius 1 is 1.20 bits per heavy atom. The van der Waals surface area contributed by atoms with Crippen molar-refractivity contribution in [1.29, 1.82) is 0 Å². The van der Waals surface area contributed by atoms with Gasteiger partial charge in [0.15, 0.2) is 0 Å². The van der Waals surface area contributed by atoms with Crippen LogP contribution >= 0.6 is 11.3 Å². The lowest BCUT2D eigenvalue weighted by molar-refractivity contribution is -0.125. The number of hydrogen-bond acceptors (Lipinski definition) is 3. The fraction of sp³-hybridized carbons (Fsp3) is 0.250. The van der Waals surface area contributed by atoms with Crippen molar-refractivity contribution in [2.45, 2.75) is 13.8 Å². The van der Waals surface area contributed by atoms with Crippen molar-refractivity contribution in [3.05, 3.63) is 52.2 Å². The molecule has 0 bridgehead atoms. The van der Waals surface area contributed by atoms with Crippen LogP contribution in [0, 0.1) is 5.41 Å². The van der Waals surface area contributed by atoms with E-state index in [0.717, 1.165) is 21.8 Å². The lowest BCUT2D eigenvalue weighted by Gasteiger charge is -2.26. The van der Waals surface area contributed by atoms with E-state index >= 15 is 0 Å². The van der Waals surface area contributed by atoms with E-state index in [1.54, 1.807) is 11.3 Å². The zero-order valence-electron chi connectivity index (χ0n) is 11.5. The minimum atomic E-state index is -0.504. The molecule has 0 unspecified atom stereocenters. The molecular formula is C16H16N2OS. The summed E-state index contributed by atoms with van der Waals surface area (Å²) in [6.45, 7) is 4.43. The number of carbonyl (C=O) groups is 1. The van der Waals surface area contributed by atoms with E-state index in [1.165, 1.54) is 0 Å². The number of nitrogens with one attached hydrogen (secondary N) is 1. The molecule has 0 fully saturated rings. The quantitative estimate of drug-likeness (QED) is 0.870. The maximum Gasteiger partial charge on any atom is 0.253 e. The molecule has 102 valence electrons. The van der Waals surface area contributed by atoms with Crippen LogP contribution in [0.25, 0.3) is 0 Å². The molecule has 2 heterocycles. The summed E-state index contributed by atoms with van der Waals surface area (Å²) < 4.78 is 0. The molecule has 3 nitrogen and oxygen atoms in total. The number of nitrogens with zero attached hydrogens (tertiary/aromatic N) is 1. The van der Waals surface area contributed by atoms with E-state index in [-0.39, 0.29) is 5.91 Å². The number of thiophene rings is 1. The Kier molecular flexibility index (Phi) is 3.18. The molecule has 0 saturated carbocycles. The second-order valence-corrected chi connectivity index (χ2v) is 6.47. The standard InChI is InChI=1S/C16H16N2OS/c1-16(2)10-17-12-7-4-3-6-11(12)14(18-15(16)19)13-8-5-9-20-13/h3-9,17H,10H2,1-2H3. The minimum Gasteiger partial charge on any atom is -0.383 e. The SMILES string of the molecule is CC1(C)CNc2ccccc2C(c2cccs2)=NC1=O. The Morgan fingerprint density at radius 2 is 2.00 bits per heavy atom. The van der Waals surface area contributed by atoms with Crippen molar-refractivity contribution in [1.82, 2.24) is 0 Å². The normalized spacial score (nSPS) is 17.5. The summed E-state index contributed by atoms with van der Waals surface area (Å²) in [5, 5.41) is 5.38. The lowest BCUT2D eigenvalue weighted by atomic mass is 9.90. The van der Waals surface area contributed by atoms with Crippen molar-refractivity contribution in [2.24, 2.45) is 10.4 Å². The molecule has 4 heteroatoms. The molecule has 0 aliphatic carbocycles. The van der Waals surface area contributed by atoms with Gasteiger partial charge >= 0.3 is 0 Å². The molecule has 0 spiro atoms. The molecule has 1 aliphatic heterocycles. The number of carbonyl (C=O) groups excluding carboxylic acids is 1. The second kappa shape index (κ2) is 4.87. The van der Waals surface area contributed by atoms with Gasteiger partial charge in [0.1, 0.15) is 0 Å². The summed E-state index contributed by atoms with van der Waals surface area (Å²) in [5.41, 5.74) is 2.27. The van der Waals surface area contributed by atoms with E-state index in [0.29, 0.717) is 6.54 Å². The number of aliphatic imine (C=N–C) groups is 1. The first kappa shape index (κ1) is 13.1. The molecule has 0 atom stereocenters. The molecule has 1 N–H and O–H groups in total. The van der Waals surface area contributed by atoms with Gasteiger partial charge in [0, 0.05) is 17.8 Å². The van der Waals surface area contributed by atoms with E-state index in [9.17, 15) is 4.79 Å². The van der Waals surface area contributed by atoms with Gasteiger partial charge in [0.2, 0.25) is 0 Å². The van der Waals surface area contributed by atoms with Crippen LogP contribution in [0.2, 0.25) is 0 Å². The third kappa shape index (κ3) is 2.27. The van der Waals surface area contributed by atoms with Crippen LogP contribution in [0.5, 0.6) is 0 Å². The Hall–Kier alpha value is -1.94. The number of fused-ring (bicyclic) bond motifs is 1. The molecule has 0 radical (unpaired) electrons. The number of rotatable bonds is 1. The Bertz CT molecular complexity index is 672. The highest BCUT2D eigenvalue weighted by atomic mass is 32.1. The first-order chi connectivity index (χ1) is 9.58. The van der Waals surface area contributed by atoms with Crippen molar-refractivity contribution >= 4 is 28.6 Å². The zero-order valence-corrected chi connectivity index (χ0v) is 12.3. The Labute approximate surface area is 122 Å². The number of benzene rings is 1. The molecule has 2 aromatic rings. The van der Waals surface area contributed by atoms with Crippen molar-refractivity contribution in [3.8, 4) is 0 Å². The van der Waals surface area contributed by atoms with Crippen LogP contribution in [0.15, 0.2) is 46.8 Å². The van der Waals surface area contributed by atoms with Gasteiger partial charge in [-0.3, -0.25) is 4.79 Å². The summed E-state index contributed by atoms with van der Waals surface area (Å²) in [5.74, 6) is -0.0806. The highest BCUT2D eigenvalue weighted by Gasteiger charge is 2.30.